The zero-order valence-electron chi connectivity index (χ0n) is 15.4. The van der Waals surface area contributed by atoms with Crippen LogP contribution in [0.4, 0.5) is 4.39 Å². The predicted octanol–water partition coefficient (Wildman–Crippen LogP) is 5.94. The SMILES string of the molecule is CCc1ccc2ncc3c(-c4ccccc4)nn(-c4ccc(F)cc4)c3c2c1. The van der Waals surface area contributed by atoms with Gasteiger partial charge in [-0.05, 0) is 48.4 Å². The molecule has 3 aromatic carbocycles. The molecule has 0 atom stereocenters. The van der Waals surface area contributed by atoms with E-state index >= 15 is 0 Å². The molecule has 0 aliphatic heterocycles. The Bertz CT molecular complexity index is 1290. The van der Waals surface area contributed by atoms with E-state index in [0.29, 0.717) is 0 Å². The smallest absolute Gasteiger partial charge is 0.123 e. The van der Waals surface area contributed by atoms with E-state index in [4.69, 9.17) is 5.10 Å². The molecule has 0 radical (unpaired) electrons. The highest BCUT2D eigenvalue weighted by atomic mass is 19.1. The number of hydrogen-bond donors (Lipinski definition) is 0. The standard InChI is InChI=1S/C24H18FN3/c1-2-16-8-13-22-20(14-16)24-21(15-26-22)23(17-6-4-3-5-7-17)27-28(24)19-11-9-18(25)10-12-19/h3-15H,2H2,1H3. The highest BCUT2D eigenvalue weighted by molar-refractivity contribution is 6.08. The Morgan fingerprint density at radius 2 is 1.68 bits per heavy atom. The van der Waals surface area contributed by atoms with Crippen LogP contribution in [0.25, 0.3) is 38.8 Å². The molecule has 0 unspecified atom stereocenters. The van der Waals surface area contributed by atoms with Crippen molar-refractivity contribution in [3.8, 4) is 16.9 Å². The van der Waals surface area contributed by atoms with Crippen molar-refractivity contribution in [3.05, 3.63) is 90.4 Å². The van der Waals surface area contributed by atoms with Crippen LogP contribution in [-0.2, 0) is 6.42 Å². The van der Waals surface area contributed by atoms with Crippen LogP contribution in [0.2, 0.25) is 0 Å². The van der Waals surface area contributed by atoms with Gasteiger partial charge < -0.3 is 0 Å². The molecule has 136 valence electrons. The zero-order valence-corrected chi connectivity index (χ0v) is 15.4. The number of aromatic nitrogens is 3. The van der Waals surface area contributed by atoms with Crippen molar-refractivity contribution < 1.29 is 4.39 Å². The predicted molar refractivity (Wildman–Crippen MR) is 111 cm³/mol. The number of halogens is 1. The molecule has 0 spiro atoms. The van der Waals surface area contributed by atoms with E-state index in [0.717, 1.165) is 45.2 Å². The fraction of sp³-hybridized carbons (Fsp3) is 0.0833. The first kappa shape index (κ1) is 16.6. The number of benzene rings is 3. The van der Waals surface area contributed by atoms with Crippen molar-refractivity contribution >= 4 is 21.8 Å². The maximum absolute atomic E-state index is 13.5. The first-order chi connectivity index (χ1) is 13.7. The highest BCUT2D eigenvalue weighted by Gasteiger charge is 2.17. The van der Waals surface area contributed by atoms with Crippen LogP contribution in [0.15, 0.2) is 79.0 Å². The second-order valence-electron chi connectivity index (χ2n) is 6.83. The first-order valence-corrected chi connectivity index (χ1v) is 9.36. The zero-order chi connectivity index (χ0) is 19.1. The molecule has 5 rings (SSSR count). The molecular formula is C24H18FN3. The van der Waals surface area contributed by atoms with Crippen LogP contribution >= 0.6 is 0 Å². The van der Waals surface area contributed by atoms with Crippen LogP contribution in [-0.4, -0.2) is 14.8 Å². The third-order valence-electron chi connectivity index (χ3n) is 5.10. The number of aryl methyl sites for hydroxylation is 1. The van der Waals surface area contributed by atoms with Gasteiger partial charge in [0.05, 0.1) is 16.7 Å². The van der Waals surface area contributed by atoms with Gasteiger partial charge in [-0.15, -0.1) is 0 Å². The average molecular weight is 367 g/mol. The number of fused-ring (bicyclic) bond motifs is 3. The average Bonchev–Trinajstić information content (AvgIpc) is 3.14. The van der Waals surface area contributed by atoms with Crippen molar-refractivity contribution in [1.29, 1.82) is 0 Å². The lowest BCUT2D eigenvalue weighted by Crippen LogP contribution is -1.97. The molecule has 0 amide bonds. The number of hydrogen-bond acceptors (Lipinski definition) is 2. The summed E-state index contributed by atoms with van der Waals surface area (Å²) in [5.41, 5.74) is 5.88. The summed E-state index contributed by atoms with van der Waals surface area (Å²) in [7, 11) is 0. The van der Waals surface area contributed by atoms with Gasteiger partial charge in [-0.3, -0.25) is 4.98 Å². The van der Waals surface area contributed by atoms with Gasteiger partial charge in [-0.1, -0.05) is 43.3 Å². The minimum absolute atomic E-state index is 0.261. The summed E-state index contributed by atoms with van der Waals surface area (Å²) in [6.07, 6.45) is 2.83. The Labute approximate surface area is 162 Å². The highest BCUT2D eigenvalue weighted by Crippen LogP contribution is 2.34. The first-order valence-electron chi connectivity index (χ1n) is 9.36. The monoisotopic (exact) mass is 367 g/mol. The van der Waals surface area contributed by atoms with Gasteiger partial charge in [0.25, 0.3) is 0 Å². The number of pyridine rings is 1. The van der Waals surface area contributed by atoms with E-state index in [2.05, 4.69) is 30.1 Å². The van der Waals surface area contributed by atoms with Gasteiger partial charge in [0.1, 0.15) is 11.5 Å². The molecule has 28 heavy (non-hydrogen) atoms. The van der Waals surface area contributed by atoms with Crippen LogP contribution in [0.5, 0.6) is 0 Å². The van der Waals surface area contributed by atoms with Crippen molar-refractivity contribution in [2.45, 2.75) is 13.3 Å². The summed E-state index contributed by atoms with van der Waals surface area (Å²) in [4.78, 5) is 4.68. The molecule has 0 saturated heterocycles. The molecule has 4 heteroatoms. The van der Waals surface area contributed by atoms with Crippen molar-refractivity contribution in [2.24, 2.45) is 0 Å². The van der Waals surface area contributed by atoms with E-state index in [-0.39, 0.29) is 5.82 Å². The molecule has 0 aliphatic rings. The Hall–Kier alpha value is -3.53. The summed E-state index contributed by atoms with van der Waals surface area (Å²) >= 11 is 0. The lowest BCUT2D eigenvalue weighted by atomic mass is 10.0. The Morgan fingerprint density at radius 1 is 0.893 bits per heavy atom. The van der Waals surface area contributed by atoms with Crippen molar-refractivity contribution in [1.82, 2.24) is 14.8 Å². The molecular weight excluding hydrogens is 349 g/mol. The molecule has 5 aromatic rings. The molecule has 0 saturated carbocycles. The Kier molecular flexibility index (Phi) is 3.90. The number of rotatable bonds is 3. The quantitative estimate of drug-likeness (QED) is 0.395. The topological polar surface area (TPSA) is 30.7 Å². The normalized spacial score (nSPS) is 11.4. The molecule has 2 heterocycles. The van der Waals surface area contributed by atoms with E-state index in [1.165, 1.54) is 17.7 Å². The van der Waals surface area contributed by atoms with Crippen LogP contribution in [0, 0.1) is 5.82 Å². The molecule has 0 bridgehead atoms. The third kappa shape index (κ3) is 2.65. The van der Waals surface area contributed by atoms with Crippen LogP contribution in [0.1, 0.15) is 12.5 Å². The third-order valence-corrected chi connectivity index (χ3v) is 5.10. The minimum Gasteiger partial charge on any atom is -0.255 e. The largest absolute Gasteiger partial charge is 0.255 e. The van der Waals surface area contributed by atoms with E-state index < -0.39 is 0 Å². The van der Waals surface area contributed by atoms with Gasteiger partial charge in [0, 0.05) is 22.5 Å². The van der Waals surface area contributed by atoms with Gasteiger partial charge in [0.15, 0.2) is 0 Å². The molecule has 3 nitrogen and oxygen atoms in total. The number of nitrogens with zero attached hydrogens (tertiary/aromatic N) is 3. The van der Waals surface area contributed by atoms with Gasteiger partial charge in [-0.2, -0.15) is 5.10 Å². The van der Waals surface area contributed by atoms with Gasteiger partial charge >= 0.3 is 0 Å². The second kappa shape index (κ2) is 6.57. The lowest BCUT2D eigenvalue weighted by Gasteiger charge is -2.07. The molecule has 0 aliphatic carbocycles. The summed E-state index contributed by atoms with van der Waals surface area (Å²) in [5.74, 6) is -0.261. The Morgan fingerprint density at radius 3 is 2.43 bits per heavy atom. The van der Waals surface area contributed by atoms with E-state index in [9.17, 15) is 4.39 Å². The second-order valence-corrected chi connectivity index (χ2v) is 6.83. The summed E-state index contributed by atoms with van der Waals surface area (Å²) in [6, 6.07) is 22.9. The summed E-state index contributed by atoms with van der Waals surface area (Å²) in [6.45, 7) is 2.14. The Balaban J connectivity index is 1.91. The molecule has 0 fully saturated rings. The van der Waals surface area contributed by atoms with Crippen molar-refractivity contribution in [3.63, 3.8) is 0 Å². The molecule has 0 N–H and O–H groups in total. The maximum atomic E-state index is 13.5. The fourth-order valence-electron chi connectivity index (χ4n) is 3.63. The van der Waals surface area contributed by atoms with E-state index in [1.807, 2.05) is 41.2 Å². The minimum atomic E-state index is -0.261. The van der Waals surface area contributed by atoms with Crippen LogP contribution in [0.3, 0.4) is 0 Å². The molecule has 2 aromatic heterocycles. The maximum Gasteiger partial charge on any atom is 0.123 e. The van der Waals surface area contributed by atoms with Gasteiger partial charge in [-0.25, -0.2) is 9.07 Å². The lowest BCUT2D eigenvalue weighted by molar-refractivity contribution is 0.627. The summed E-state index contributed by atoms with van der Waals surface area (Å²) in [5, 5.41) is 6.95. The van der Waals surface area contributed by atoms with Crippen molar-refractivity contribution in [2.75, 3.05) is 0 Å². The van der Waals surface area contributed by atoms with Crippen LogP contribution < -0.4 is 0 Å². The van der Waals surface area contributed by atoms with E-state index in [1.54, 1.807) is 12.1 Å². The fourth-order valence-corrected chi connectivity index (χ4v) is 3.63. The summed E-state index contributed by atoms with van der Waals surface area (Å²) < 4.78 is 15.4. The van der Waals surface area contributed by atoms with Gasteiger partial charge in [0.2, 0.25) is 0 Å².